The fourth-order valence-electron chi connectivity index (χ4n) is 1.85. The molecular formula is C18H20O3. The molecule has 0 unspecified atom stereocenters. The lowest BCUT2D eigenvalue weighted by molar-refractivity contribution is 0.0499. The monoisotopic (exact) mass is 284 g/mol. The first-order chi connectivity index (χ1) is 10.3. The number of rotatable bonds is 7. The molecular weight excluding hydrogens is 264 g/mol. The molecule has 0 atom stereocenters. The quantitative estimate of drug-likeness (QED) is 0.564. The van der Waals surface area contributed by atoms with E-state index in [0.29, 0.717) is 24.5 Å². The minimum Gasteiger partial charge on any atom is -0.489 e. The van der Waals surface area contributed by atoms with Crippen LogP contribution in [0, 0.1) is 0 Å². The summed E-state index contributed by atoms with van der Waals surface area (Å²) in [5.74, 6) is 0.373. The fraction of sp³-hybridized carbons (Fsp3) is 0.278. The molecule has 0 fully saturated rings. The SMILES string of the molecule is CCCCOC(=O)c1cccc(OCc2ccccc2)c1. The van der Waals surface area contributed by atoms with Crippen LogP contribution in [0.4, 0.5) is 0 Å². The first-order valence-corrected chi connectivity index (χ1v) is 7.23. The Kier molecular flexibility index (Phi) is 5.83. The van der Waals surface area contributed by atoms with Crippen LogP contribution in [0.1, 0.15) is 35.7 Å². The van der Waals surface area contributed by atoms with Gasteiger partial charge in [-0.15, -0.1) is 0 Å². The molecule has 0 aromatic heterocycles. The summed E-state index contributed by atoms with van der Waals surface area (Å²) in [5.41, 5.74) is 1.62. The minimum atomic E-state index is -0.298. The van der Waals surface area contributed by atoms with E-state index in [1.165, 1.54) is 0 Å². The van der Waals surface area contributed by atoms with Crippen molar-refractivity contribution in [2.24, 2.45) is 0 Å². The van der Waals surface area contributed by atoms with E-state index < -0.39 is 0 Å². The van der Waals surface area contributed by atoms with Crippen LogP contribution in [0.5, 0.6) is 5.75 Å². The number of carbonyl (C=O) groups excluding carboxylic acids is 1. The van der Waals surface area contributed by atoms with E-state index in [-0.39, 0.29) is 5.97 Å². The van der Waals surface area contributed by atoms with Crippen LogP contribution in [0.3, 0.4) is 0 Å². The van der Waals surface area contributed by atoms with Crippen molar-refractivity contribution >= 4 is 5.97 Å². The second-order valence-corrected chi connectivity index (χ2v) is 4.79. The summed E-state index contributed by atoms with van der Waals surface area (Å²) in [6.45, 7) is 3.01. The van der Waals surface area contributed by atoms with Crippen LogP contribution in [-0.2, 0) is 11.3 Å². The molecule has 2 aromatic carbocycles. The van der Waals surface area contributed by atoms with E-state index in [1.54, 1.807) is 18.2 Å². The summed E-state index contributed by atoms with van der Waals surface area (Å²) in [7, 11) is 0. The predicted octanol–water partition coefficient (Wildman–Crippen LogP) is 4.22. The first kappa shape index (κ1) is 15.1. The topological polar surface area (TPSA) is 35.5 Å². The Hall–Kier alpha value is -2.29. The summed E-state index contributed by atoms with van der Waals surface area (Å²) in [5, 5.41) is 0. The Morgan fingerprint density at radius 2 is 1.86 bits per heavy atom. The average Bonchev–Trinajstić information content (AvgIpc) is 2.54. The number of hydrogen-bond donors (Lipinski definition) is 0. The largest absolute Gasteiger partial charge is 0.489 e. The molecule has 0 N–H and O–H groups in total. The van der Waals surface area contributed by atoms with Crippen LogP contribution < -0.4 is 4.74 Å². The van der Waals surface area contributed by atoms with Gasteiger partial charge in [0, 0.05) is 0 Å². The second-order valence-electron chi connectivity index (χ2n) is 4.79. The van der Waals surface area contributed by atoms with E-state index in [9.17, 15) is 4.79 Å². The Morgan fingerprint density at radius 1 is 1.05 bits per heavy atom. The molecule has 0 radical (unpaired) electrons. The number of hydrogen-bond acceptors (Lipinski definition) is 3. The summed E-state index contributed by atoms with van der Waals surface area (Å²) >= 11 is 0. The zero-order chi connectivity index (χ0) is 14.9. The van der Waals surface area contributed by atoms with Gasteiger partial charge in [0.25, 0.3) is 0 Å². The molecule has 0 aliphatic carbocycles. The summed E-state index contributed by atoms with van der Waals surface area (Å²) in [4.78, 5) is 11.9. The third-order valence-electron chi connectivity index (χ3n) is 3.05. The minimum absolute atomic E-state index is 0.298. The van der Waals surface area contributed by atoms with Crippen LogP contribution in [0.25, 0.3) is 0 Å². The van der Waals surface area contributed by atoms with Crippen molar-refractivity contribution in [2.75, 3.05) is 6.61 Å². The van der Waals surface area contributed by atoms with Crippen LogP contribution in [0.15, 0.2) is 54.6 Å². The molecule has 2 rings (SSSR count). The maximum Gasteiger partial charge on any atom is 0.338 e. The molecule has 0 bridgehead atoms. The molecule has 0 heterocycles. The Labute approximate surface area is 125 Å². The second kappa shape index (κ2) is 8.10. The summed E-state index contributed by atoms with van der Waals surface area (Å²) in [6.07, 6.45) is 1.89. The van der Waals surface area contributed by atoms with Gasteiger partial charge in [-0.2, -0.15) is 0 Å². The van der Waals surface area contributed by atoms with Crippen molar-refractivity contribution in [1.29, 1.82) is 0 Å². The van der Waals surface area contributed by atoms with Crippen molar-refractivity contribution in [3.05, 3.63) is 65.7 Å². The fourth-order valence-corrected chi connectivity index (χ4v) is 1.85. The average molecular weight is 284 g/mol. The van der Waals surface area contributed by atoms with Gasteiger partial charge >= 0.3 is 5.97 Å². The highest BCUT2D eigenvalue weighted by molar-refractivity contribution is 5.89. The molecule has 0 saturated carbocycles. The van der Waals surface area contributed by atoms with Gasteiger partial charge in [-0.1, -0.05) is 49.7 Å². The molecule has 21 heavy (non-hydrogen) atoms. The van der Waals surface area contributed by atoms with E-state index in [0.717, 1.165) is 18.4 Å². The number of carbonyl (C=O) groups is 1. The van der Waals surface area contributed by atoms with Crippen molar-refractivity contribution in [3.63, 3.8) is 0 Å². The lowest BCUT2D eigenvalue weighted by atomic mass is 10.2. The highest BCUT2D eigenvalue weighted by Gasteiger charge is 2.08. The van der Waals surface area contributed by atoms with Gasteiger partial charge in [0.1, 0.15) is 12.4 Å². The maximum absolute atomic E-state index is 11.9. The molecule has 0 amide bonds. The Morgan fingerprint density at radius 3 is 2.62 bits per heavy atom. The van der Waals surface area contributed by atoms with E-state index in [4.69, 9.17) is 9.47 Å². The Bertz CT molecular complexity index is 564. The van der Waals surface area contributed by atoms with Crippen LogP contribution in [-0.4, -0.2) is 12.6 Å². The van der Waals surface area contributed by atoms with Gasteiger partial charge in [-0.3, -0.25) is 0 Å². The van der Waals surface area contributed by atoms with Gasteiger partial charge < -0.3 is 9.47 Å². The van der Waals surface area contributed by atoms with Gasteiger partial charge in [-0.05, 0) is 30.2 Å². The van der Waals surface area contributed by atoms with Crippen molar-refractivity contribution < 1.29 is 14.3 Å². The van der Waals surface area contributed by atoms with E-state index in [2.05, 4.69) is 6.92 Å². The normalized spacial score (nSPS) is 10.1. The van der Waals surface area contributed by atoms with Gasteiger partial charge in [-0.25, -0.2) is 4.79 Å². The van der Waals surface area contributed by atoms with Crippen molar-refractivity contribution in [1.82, 2.24) is 0 Å². The van der Waals surface area contributed by atoms with Crippen molar-refractivity contribution in [2.45, 2.75) is 26.4 Å². The third kappa shape index (κ3) is 4.95. The smallest absolute Gasteiger partial charge is 0.338 e. The molecule has 3 nitrogen and oxygen atoms in total. The highest BCUT2D eigenvalue weighted by atomic mass is 16.5. The summed E-state index contributed by atoms with van der Waals surface area (Å²) in [6, 6.07) is 17.0. The molecule has 0 aliphatic rings. The van der Waals surface area contributed by atoms with Crippen LogP contribution >= 0.6 is 0 Å². The lowest BCUT2D eigenvalue weighted by Gasteiger charge is -2.08. The van der Waals surface area contributed by atoms with E-state index >= 15 is 0 Å². The van der Waals surface area contributed by atoms with Gasteiger partial charge in [0.2, 0.25) is 0 Å². The summed E-state index contributed by atoms with van der Waals surface area (Å²) < 4.78 is 10.9. The van der Waals surface area contributed by atoms with Crippen molar-refractivity contribution in [3.8, 4) is 5.75 Å². The molecule has 3 heteroatoms. The Balaban J connectivity index is 1.92. The zero-order valence-electron chi connectivity index (χ0n) is 12.2. The number of esters is 1. The highest BCUT2D eigenvalue weighted by Crippen LogP contribution is 2.16. The standard InChI is InChI=1S/C18H20O3/c1-2-3-12-20-18(19)16-10-7-11-17(13-16)21-14-15-8-5-4-6-9-15/h4-11,13H,2-3,12,14H2,1H3. The molecule has 110 valence electrons. The predicted molar refractivity (Wildman–Crippen MR) is 82.4 cm³/mol. The number of ether oxygens (including phenoxy) is 2. The molecule has 0 saturated heterocycles. The number of unbranched alkanes of at least 4 members (excludes halogenated alkanes) is 1. The zero-order valence-corrected chi connectivity index (χ0v) is 12.2. The van der Waals surface area contributed by atoms with Gasteiger partial charge in [0.15, 0.2) is 0 Å². The van der Waals surface area contributed by atoms with E-state index in [1.807, 2.05) is 36.4 Å². The molecule has 0 aliphatic heterocycles. The molecule has 2 aromatic rings. The molecule has 0 spiro atoms. The number of benzene rings is 2. The van der Waals surface area contributed by atoms with Gasteiger partial charge in [0.05, 0.1) is 12.2 Å². The first-order valence-electron chi connectivity index (χ1n) is 7.23. The third-order valence-corrected chi connectivity index (χ3v) is 3.05. The lowest BCUT2D eigenvalue weighted by Crippen LogP contribution is -2.06. The van der Waals surface area contributed by atoms with Crippen LogP contribution in [0.2, 0.25) is 0 Å². The maximum atomic E-state index is 11.9.